The maximum atomic E-state index is 12.3. The van der Waals surface area contributed by atoms with Crippen LogP contribution in [0.3, 0.4) is 0 Å². The van der Waals surface area contributed by atoms with E-state index >= 15 is 0 Å². The van der Waals surface area contributed by atoms with Crippen molar-refractivity contribution in [2.75, 3.05) is 12.3 Å². The van der Waals surface area contributed by atoms with E-state index in [0.717, 1.165) is 5.56 Å². The van der Waals surface area contributed by atoms with E-state index < -0.39 is 10.0 Å². The van der Waals surface area contributed by atoms with Gasteiger partial charge in [-0.05, 0) is 31.0 Å². The molecule has 10 heteroatoms. The number of amides is 1. The van der Waals surface area contributed by atoms with Gasteiger partial charge in [0.25, 0.3) is 5.56 Å². The number of thioether (sulfide) groups is 1. The van der Waals surface area contributed by atoms with Crippen LogP contribution >= 0.6 is 11.8 Å². The van der Waals surface area contributed by atoms with Crippen LogP contribution in [-0.4, -0.2) is 36.2 Å². The first kappa shape index (κ1) is 19.6. The number of carbonyl (C=O) groups is 1. The van der Waals surface area contributed by atoms with Crippen molar-refractivity contribution < 1.29 is 13.2 Å². The van der Waals surface area contributed by atoms with Crippen molar-refractivity contribution in [3.8, 4) is 0 Å². The first-order valence-corrected chi connectivity index (χ1v) is 10.9. The van der Waals surface area contributed by atoms with E-state index in [4.69, 9.17) is 5.14 Å². The number of benzene rings is 1. The van der Waals surface area contributed by atoms with E-state index in [1.54, 1.807) is 29.8 Å². The molecule has 0 saturated carbocycles. The van der Waals surface area contributed by atoms with Gasteiger partial charge in [0.05, 0.1) is 10.9 Å². The third-order valence-electron chi connectivity index (χ3n) is 4.31. The van der Waals surface area contributed by atoms with Gasteiger partial charge in [-0.3, -0.25) is 14.2 Å². The minimum Gasteiger partial charge on any atom is -0.356 e. The van der Waals surface area contributed by atoms with Gasteiger partial charge in [-0.2, -0.15) is 0 Å². The molecule has 2 aromatic rings. The summed E-state index contributed by atoms with van der Waals surface area (Å²) in [4.78, 5) is 28.8. The molecular weight excluding hydrogens is 388 g/mol. The van der Waals surface area contributed by atoms with E-state index in [2.05, 4.69) is 10.3 Å². The van der Waals surface area contributed by atoms with E-state index in [-0.39, 0.29) is 28.8 Å². The normalized spacial score (nSPS) is 16.1. The highest BCUT2D eigenvalue weighted by Crippen LogP contribution is 2.31. The second-order valence-corrected chi connectivity index (χ2v) is 8.91. The lowest BCUT2D eigenvalue weighted by Crippen LogP contribution is -2.32. The molecule has 1 aromatic heterocycles. The molecule has 0 bridgehead atoms. The number of hydrogen-bond donors (Lipinski definition) is 2. The number of sulfonamides is 1. The standard InChI is InChI=1S/C17H20N4O4S2/c1-11-9-20-17-21(16(11)23)13(10-26-17)8-15(22)19-7-6-12-2-4-14(5-3-12)27(18,24)25/h2-5,9,13H,6-8,10H2,1H3,(H,19,22)(H2,18,24,25). The molecular formula is C17H20N4O4S2. The van der Waals surface area contributed by atoms with E-state index in [1.165, 1.54) is 23.9 Å². The fourth-order valence-electron chi connectivity index (χ4n) is 2.85. The molecule has 144 valence electrons. The predicted molar refractivity (Wildman–Crippen MR) is 102 cm³/mol. The molecule has 1 unspecified atom stereocenters. The molecule has 0 spiro atoms. The van der Waals surface area contributed by atoms with Gasteiger partial charge in [0.1, 0.15) is 0 Å². The van der Waals surface area contributed by atoms with Crippen LogP contribution in [0, 0.1) is 6.92 Å². The van der Waals surface area contributed by atoms with Gasteiger partial charge >= 0.3 is 0 Å². The first-order chi connectivity index (χ1) is 12.8. The predicted octanol–water partition coefficient (Wildman–Crippen LogP) is 0.595. The zero-order valence-corrected chi connectivity index (χ0v) is 16.3. The molecule has 8 nitrogen and oxygen atoms in total. The van der Waals surface area contributed by atoms with E-state index in [9.17, 15) is 18.0 Å². The molecule has 0 saturated heterocycles. The van der Waals surface area contributed by atoms with Crippen LogP contribution in [0.2, 0.25) is 0 Å². The Bertz CT molecular complexity index is 1020. The first-order valence-electron chi connectivity index (χ1n) is 8.35. The van der Waals surface area contributed by atoms with Gasteiger partial charge in [-0.1, -0.05) is 23.9 Å². The van der Waals surface area contributed by atoms with Gasteiger partial charge in [0.2, 0.25) is 15.9 Å². The lowest BCUT2D eigenvalue weighted by molar-refractivity contribution is -0.121. The highest BCUT2D eigenvalue weighted by Gasteiger charge is 2.27. The highest BCUT2D eigenvalue weighted by molar-refractivity contribution is 7.99. The molecule has 2 heterocycles. The highest BCUT2D eigenvalue weighted by atomic mass is 32.2. The number of carbonyl (C=O) groups excluding carboxylic acids is 1. The Morgan fingerprint density at radius 1 is 1.37 bits per heavy atom. The van der Waals surface area contributed by atoms with Crippen molar-refractivity contribution in [2.45, 2.75) is 35.9 Å². The largest absolute Gasteiger partial charge is 0.356 e. The summed E-state index contributed by atoms with van der Waals surface area (Å²) in [6, 6.07) is 6.04. The van der Waals surface area contributed by atoms with Crippen molar-refractivity contribution in [3.63, 3.8) is 0 Å². The zero-order chi connectivity index (χ0) is 19.6. The topological polar surface area (TPSA) is 124 Å². The summed E-state index contributed by atoms with van der Waals surface area (Å²) in [5, 5.41) is 8.56. The number of fused-ring (bicyclic) bond motifs is 1. The fraction of sp³-hybridized carbons (Fsp3) is 0.353. The Morgan fingerprint density at radius 3 is 2.74 bits per heavy atom. The fourth-order valence-corrected chi connectivity index (χ4v) is 4.47. The molecule has 27 heavy (non-hydrogen) atoms. The SMILES string of the molecule is Cc1cnc2n(c1=O)C(CC(=O)NCCc1ccc(S(N)(=O)=O)cc1)CS2. The molecule has 1 aliphatic rings. The van der Waals surface area contributed by atoms with Crippen molar-refractivity contribution in [1.82, 2.24) is 14.9 Å². The maximum absolute atomic E-state index is 12.3. The Labute approximate surface area is 161 Å². The lowest BCUT2D eigenvalue weighted by atomic mass is 10.1. The van der Waals surface area contributed by atoms with E-state index in [1.807, 2.05) is 0 Å². The summed E-state index contributed by atoms with van der Waals surface area (Å²) < 4.78 is 24.1. The lowest BCUT2D eigenvalue weighted by Gasteiger charge is -2.13. The number of primary sulfonamides is 1. The van der Waals surface area contributed by atoms with Crippen LogP contribution in [0.5, 0.6) is 0 Å². The zero-order valence-electron chi connectivity index (χ0n) is 14.7. The maximum Gasteiger partial charge on any atom is 0.257 e. The number of nitrogens with two attached hydrogens (primary N) is 1. The summed E-state index contributed by atoms with van der Waals surface area (Å²) in [6.07, 6.45) is 2.34. The van der Waals surface area contributed by atoms with Crippen molar-refractivity contribution in [3.05, 3.63) is 51.9 Å². The van der Waals surface area contributed by atoms with Crippen molar-refractivity contribution in [1.29, 1.82) is 0 Å². The molecule has 0 radical (unpaired) electrons. The number of hydrogen-bond acceptors (Lipinski definition) is 6. The monoisotopic (exact) mass is 408 g/mol. The van der Waals surface area contributed by atoms with Crippen LogP contribution in [0.25, 0.3) is 0 Å². The van der Waals surface area contributed by atoms with Crippen LogP contribution in [-0.2, 0) is 21.2 Å². The third-order valence-corrected chi connectivity index (χ3v) is 6.35. The van der Waals surface area contributed by atoms with Crippen LogP contribution in [0.4, 0.5) is 0 Å². The molecule has 1 aromatic carbocycles. The van der Waals surface area contributed by atoms with Gasteiger partial charge in [0, 0.05) is 30.5 Å². The molecule has 3 rings (SSSR count). The smallest absolute Gasteiger partial charge is 0.257 e. The van der Waals surface area contributed by atoms with Gasteiger partial charge in [-0.25, -0.2) is 18.5 Å². The summed E-state index contributed by atoms with van der Waals surface area (Å²) in [5.74, 6) is 0.511. The van der Waals surface area contributed by atoms with Crippen LogP contribution in [0.1, 0.15) is 23.6 Å². The van der Waals surface area contributed by atoms with Crippen molar-refractivity contribution in [2.24, 2.45) is 5.14 Å². The molecule has 3 N–H and O–H groups in total. The average molecular weight is 409 g/mol. The van der Waals surface area contributed by atoms with Crippen LogP contribution in [0.15, 0.2) is 45.3 Å². The quantitative estimate of drug-likeness (QED) is 0.675. The minimum absolute atomic E-state index is 0.0574. The second-order valence-electron chi connectivity index (χ2n) is 6.36. The van der Waals surface area contributed by atoms with Gasteiger partial charge in [0.15, 0.2) is 5.16 Å². The molecule has 1 atom stereocenters. The number of aromatic nitrogens is 2. The Balaban J connectivity index is 1.53. The van der Waals surface area contributed by atoms with Crippen LogP contribution < -0.4 is 16.0 Å². The molecule has 1 aliphatic heterocycles. The summed E-state index contributed by atoms with van der Waals surface area (Å²) >= 11 is 1.48. The number of aryl methyl sites for hydroxylation is 1. The van der Waals surface area contributed by atoms with E-state index in [0.29, 0.717) is 29.4 Å². The summed E-state index contributed by atoms with van der Waals surface area (Å²) in [6.45, 7) is 2.13. The van der Waals surface area contributed by atoms with Crippen molar-refractivity contribution >= 4 is 27.7 Å². The number of nitrogens with zero attached hydrogens (tertiary/aromatic N) is 2. The average Bonchev–Trinajstić information content (AvgIpc) is 3.01. The molecule has 0 aliphatic carbocycles. The number of nitrogens with one attached hydrogen (secondary N) is 1. The van der Waals surface area contributed by atoms with Gasteiger partial charge in [-0.15, -0.1) is 0 Å². The van der Waals surface area contributed by atoms with Gasteiger partial charge < -0.3 is 5.32 Å². The Morgan fingerprint density at radius 2 is 2.07 bits per heavy atom. The molecule has 0 fully saturated rings. The third kappa shape index (κ3) is 4.57. The summed E-state index contributed by atoms with van der Waals surface area (Å²) in [7, 11) is -3.70. The Hall–Kier alpha value is -2.17. The summed E-state index contributed by atoms with van der Waals surface area (Å²) in [5.41, 5.74) is 1.35. The minimum atomic E-state index is -3.70. The molecule has 1 amide bonds. The number of rotatable bonds is 6. The Kier molecular flexibility index (Phi) is 5.68. The second kappa shape index (κ2) is 7.83.